The van der Waals surface area contributed by atoms with Crippen molar-refractivity contribution in [1.82, 2.24) is 10.1 Å². The molecular formula is C22H24N2O4. The fraction of sp³-hybridized carbons (Fsp3) is 0.273. The molecule has 0 unspecified atom stereocenters. The molecule has 1 amide bonds. The Labute approximate surface area is 164 Å². The van der Waals surface area contributed by atoms with Crippen LogP contribution < -0.4 is 9.47 Å². The van der Waals surface area contributed by atoms with Crippen LogP contribution in [0.15, 0.2) is 53.1 Å². The minimum absolute atomic E-state index is 0.116. The molecule has 3 aromatic rings. The van der Waals surface area contributed by atoms with E-state index in [1.165, 1.54) is 0 Å². The van der Waals surface area contributed by atoms with Crippen molar-refractivity contribution in [2.24, 2.45) is 0 Å². The van der Waals surface area contributed by atoms with Gasteiger partial charge in [0.2, 0.25) is 0 Å². The number of nitrogens with zero attached hydrogens (tertiary/aromatic N) is 2. The molecule has 3 rings (SSSR count). The van der Waals surface area contributed by atoms with Gasteiger partial charge in [-0.1, -0.05) is 41.6 Å². The molecule has 28 heavy (non-hydrogen) atoms. The molecule has 6 nitrogen and oxygen atoms in total. The molecule has 0 aliphatic carbocycles. The van der Waals surface area contributed by atoms with Crippen LogP contribution in [0.3, 0.4) is 0 Å². The van der Waals surface area contributed by atoms with Crippen LogP contribution in [0.1, 0.15) is 28.6 Å². The average molecular weight is 380 g/mol. The van der Waals surface area contributed by atoms with Gasteiger partial charge in [0.25, 0.3) is 5.91 Å². The SMILES string of the molecule is CCN(Cc1ccc(OC)c(OC)c1)C(=O)c1c(-c2ccccc2)noc1C. The van der Waals surface area contributed by atoms with E-state index < -0.39 is 0 Å². The van der Waals surface area contributed by atoms with E-state index in [4.69, 9.17) is 14.0 Å². The number of aromatic nitrogens is 1. The van der Waals surface area contributed by atoms with E-state index >= 15 is 0 Å². The summed E-state index contributed by atoms with van der Waals surface area (Å²) in [6.07, 6.45) is 0. The topological polar surface area (TPSA) is 64.8 Å². The van der Waals surface area contributed by atoms with E-state index in [2.05, 4.69) is 5.16 Å². The third-order valence-electron chi connectivity index (χ3n) is 4.61. The largest absolute Gasteiger partial charge is 0.493 e. The van der Waals surface area contributed by atoms with Crippen molar-refractivity contribution in [3.05, 3.63) is 65.4 Å². The van der Waals surface area contributed by atoms with Crippen molar-refractivity contribution in [2.45, 2.75) is 20.4 Å². The second-order valence-corrected chi connectivity index (χ2v) is 6.34. The minimum atomic E-state index is -0.116. The van der Waals surface area contributed by atoms with Crippen LogP contribution in [-0.2, 0) is 6.54 Å². The van der Waals surface area contributed by atoms with E-state index in [9.17, 15) is 4.79 Å². The van der Waals surface area contributed by atoms with Crippen molar-refractivity contribution < 1.29 is 18.8 Å². The fourth-order valence-electron chi connectivity index (χ4n) is 3.10. The quantitative estimate of drug-likeness (QED) is 0.610. The lowest BCUT2D eigenvalue weighted by Crippen LogP contribution is -2.31. The van der Waals surface area contributed by atoms with Gasteiger partial charge in [-0.05, 0) is 31.5 Å². The molecule has 146 valence electrons. The van der Waals surface area contributed by atoms with Gasteiger partial charge in [0.05, 0.1) is 14.2 Å². The van der Waals surface area contributed by atoms with Gasteiger partial charge in [-0.25, -0.2) is 0 Å². The number of hydrogen-bond donors (Lipinski definition) is 0. The maximum absolute atomic E-state index is 13.3. The first-order valence-corrected chi connectivity index (χ1v) is 9.10. The number of rotatable bonds is 7. The molecule has 0 saturated carbocycles. The second-order valence-electron chi connectivity index (χ2n) is 6.34. The summed E-state index contributed by atoms with van der Waals surface area (Å²) in [4.78, 5) is 15.1. The average Bonchev–Trinajstić information content (AvgIpc) is 3.13. The summed E-state index contributed by atoms with van der Waals surface area (Å²) < 4.78 is 16.0. The highest BCUT2D eigenvalue weighted by Gasteiger charge is 2.25. The zero-order chi connectivity index (χ0) is 20.1. The minimum Gasteiger partial charge on any atom is -0.493 e. The lowest BCUT2D eigenvalue weighted by Gasteiger charge is -2.21. The first kappa shape index (κ1) is 19.5. The molecule has 0 saturated heterocycles. The molecule has 0 aliphatic rings. The van der Waals surface area contributed by atoms with Crippen molar-refractivity contribution in [3.8, 4) is 22.8 Å². The van der Waals surface area contributed by atoms with E-state index in [1.54, 1.807) is 26.0 Å². The van der Waals surface area contributed by atoms with Gasteiger partial charge in [0, 0.05) is 18.7 Å². The Morgan fingerprint density at radius 3 is 2.43 bits per heavy atom. The maximum atomic E-state index is 13.3. The molecule has 6 heteroatoms. The van der Waals surface area contributed by atoms with Gasteiger partial charge in [0.15, 0.2) is 11.5 Å². The van der Waals surface area contributed by atoms with Crippen LogP contribution in [0.2, 0.25) is 0 Å². The Hall–Kier alpha value is -3.28. The number of benzene rings is 2. The van der Waals surface area contributed by atoms with Crippen LogP contribution >= 0.6 is 0 Å². The summed E-state index contributed by atoms with van der Waals surface area (Å²) in [6, 6.07) is 15.2. The molecule has 0 spiro atoms. The fourth-order valence-corrected chi connectivity index (χ4v) is 3.10. The van der Waals surface area contributed by atoms with Crippen molar-refractivity contribution in [3.63, 3.8) is 0 Å². The van der Waals surface area contributed by atoms with Gasteiger partial charge in [-0.15, -0.1) is 0 Å². The summed E-state index contributed by atoms with van der Waals surface area (Å²) in [6.45, 7) is 4.70. The number of hydrogen-bond acceptors (Lipinski definition) is 5. The normalized spacial score (nSPS) is 10.6. The van der Waals surface area contributed by atoms with Crippen LogP contribution in [-0.4, -0.2) is 36.7 Å². The van der Waals surface area contributed by atoms with Gasteiger partial charge in [-0.3, -0.25) is 4.79 Å². The lowest BCUT2D eigenvalue weighted by atomic mass is 10.0. The molecule has 0 N–H and O–H groups in total. The predicted octanol–water partition coefficient (Wildman–Crippen LogP) is 4.33. The third-order valence-corrected chi connectivity index (χ3v) is 4.61. The first-order valence-electron chi connectivity index (χ1n) is 9.10. The van der Waals surface area contributed by atoms with Crippen LogP contribution in [0.4, 0.5) is 0 Å². The Morgan fingerprint density at radius 2 is 1.79 bits per heavy atom. The van der Waals surface area contributed by atoms with E-state index in [0.29, 0.717) is 41.6 Å². The molecule has 0 bridgehead atoms. The smallest absolute Gasteiger partial charge is 0.260 e. The summed E-state index contributed by atoms with van der Waals surface area (Å²) in [5.41, 5.74) is 2.86. The second kappa shape index (κ2) is 8.61. The Balaban J connectivity index is 1.90. The molecule has 0 fully saturated rings. The van der Waals surface area contributed by atoms with E-state index in [0.717, 1.165) is 11.1 Å². The molecule has 2 aromatic carbocycles. The number of carbonyl (C=O) groups excluding carboxylic acids is 1. The standard InChI is InChI=1S/C22H24N2O4/c1-5-24(14-16-11-12-18(26-3)19(13-16)27-4)22(25)20-15(2)28-23-21(20)17-9-7-6-8-10-17/h6-13H,5,14H2,1-4H3. The highest BCUT2D eigenvalue weighted by atomic mass is 16.5. The van der Waals surface area contributed by atoms with Crippen LogP contribution in [0.25, 0.3) is 11.3 Å². The molecule has 0 atom stereocenters. The summed E-state index contributed by atoms with van der Waals surface area (Å²) in [7, 11) is 3.19. The molecule has 1 aromatic heterocycles. The molecule has 0 radical (unpaired) electrons. The molecular weight excluding hydrogens is 356 g/mol. The number of amides is 1. The highest BCUT2D eigenvalue weighted by molar-refractivity contribution is 6.00. The number of methoxy groups -OCH3 is 2. The van der Waals surface area contributed by atoms with E-state index in [-0.39, 0.29) is 5.91 Å². The van der Waals surface area contributed by atoms with Gasteiger partial charge in [-0.2, -0.15) is 0 Å². The zero-order valence-electron chi connectivity index (χ0n) is 16.6. The maximum Gasteiger partial charge on any atom is 0.260 e. The number of carbonyl (C=O) groups is 1. The monoisotopic (exact) mass is 380 g/mol. The summed E-state index contributed by atoms with van der Waals surface area (Å²) >= 11 is 0. The van der Waals surface area contributed by atoms with Gasteiger partial charge in [0.1, 0.15) is 17.0 Å². The van der Waals surface area contributed by atoms with Crippen LogP contribution in [0, 0.1) is 6.92 Å². The number of ether oxygens (including phenoxy) is 2. The van der Waals surface area contributed by atoms with Crippen LogP contribution in [0.5, 0.6) is 11.5 Å². The summed E-state index contributed by atoms with van der Waals surface area (Å²) in [5, 5.41) is 4.12. The number of aryl methyl sites for hydroxylation is 1. The first-order chi connectivity index (χ1) is 13.6. The highest BCUT2D eigenvalue weighted by Crippen LogP contribution is 2.30. The molecule has 0 aliphatic heterocycles. The third kappa shape index (κ3) is 3.86. The molecule has 1 heterocycles. The van der Waals surface area contributed by atoms with Crippen molar-refractivity contribution in [1.29, 1.82) is 0 Å². The van der Waals surface area contributed by atoms with E-state index in [1.807, 2.05) is 55.5 Å². The van der Waals surface area contributed by atoms with Gasteiger partial charge >= 0.3 is 0 Å². The zero-order valence-corrected chi connectivity index (χ0v) is 16.6. The summed E-state index contributed by atoms with van der Waals surface area (Å²) in [5.74, 6) is 1.68. The lowest BCUT2D eigenvalue weighted by molar-refractivity contribution is 0.0751. The Kier molecular flexibility index (Phi) is 5.99. The van der Waals surface area contributed by atoms with Crippen molar-refractivity contribution in [2.75, 3.05) is 20.8 Å². The van der Waals surface area contributed by atoms with Crippen molar-refractivity contribution >= 4 is 5.91 Å². The van der Waals surface area contributed by atoms with Gasteiger partial charge < -0.3 is 18.9 Å². The Morgan fingerprint density at radius 1 is 1.07 bits per heavy atom. The predicted molar refractivity (Wildman–Crippen MR) is 107 cm³/mol. The Bertz CT molecular complexity index is 950.